The summed E-state index contributed by atoms with van der Waals surface area (Å²) >= 11 is 1.87. The van der Waals surface area contributed by atoms with Crippen molar-refractivity contribution in [2.24, 2.45) is 5.92 Å². The molecule has 1 heterocycles. The molecule has 17 heavy (non-hydrogen) atoms. The minimum atomic E-state index is -0.617. The predicted octanol–water partition coefficient (Wildman–Crippen LogP) is 3.12. The van der Waals surface area contributed by atoms with Gasteiger partial charge in [-0.25, -0.2) is 0 Å². The normalized spacial score (nSPS) is 23.5. The summed E-state index contributed by atoms with van der Waals surface area (Å²) in [7, 11) is 0. The number of aryl methyl sites for hydroxylation is 1. The third-order valence-corrected chi connectivity index (χ3v) is 5.00. The Morgan fingerprint density at radius 2 is 2.35 bits per heavy atom. The van der Waals surface area contributed by atoms with Gasteiger partial charge in [-0.2, -0.15) is 0 Å². The van der Waals surface area contributed by atoms with Gasteiger partial charge in [0.2, 0.25) is 0 Å². The van der Waals surface area contributed by atoms with Crippen molar-refractivity contribution in [1.82, 2.24) is 5.32 Å². The topological polar surface area (TPSA) is 32.3 Å². The summed E-state index contributed by atoms with van der Waals surface area (Å²) < 4.78 is 0. The number of hydrogen-bond donors (Lipinski definition) is 2. The number of aliphatic hydroxyl groups is 1. The molecule has 2 unspecified atom stereocenters. The van der Waals surface area contributed by atoms with Gasteiger partial charge in [0.25, 0.3) is 0 Å². The highest BCUT2D eigenvalue weighted by Crippen LogP contribution is 2.33. The van der Waals surface area contributed by atoms with E-state index in [1.165, 1.54) is 29.7 Å². The Morgan fingerprint density at radius 3 is 3.06 bits per heavy atom. The molecule has 1 aromatic rings. The second-order valence-corrected chi connectivity index (χ2v) is 6.64. The van der Waals surface area contributed by atoms with Crippen molar-refractivity contribution >= 4 is 11.3 Å². The molecule has 1 aromatic heterocycles. The van der Waals surface area contributed by atoms with E-state index >= 15 is 0 Å². The van der Waals surface area contributed by atoms with E-state index in [9.17, 15) is 5.11 Å². The molecule has 0 saturated heterocycles. The van der Waals surface area contributed by atoms with Crippen molar-refractivity contribution in [3.8, 4) is 0 Å². The van der Waals surface area contributed by atoms with Gasteiger partial charge in [0, 0.05) is 17.5 Å². The fourth-order valence-corrected chi connectivity index (χ4v) is 3.22. The summed E-state index contributed by atoms with van der Waals surface area (Å²) in [4.78, 5) is 1.53. The molecular weight excluding hydrogens is 230 g/mol. The van der Waals surface area contributed by atoms with Crippen molar-refractivity contribution < 1.29 is 5.11 Å². The molecule has 0 aliphatic heterocycles. The lowest BCUT2D eigenvalue weighted by Crippen LogP contribution is -2.43. The van der Waals surface area contributed by atoms with Gasteiger partial charge >= 0.3 is 0 Å². The van der Waals surface area contributed by atoms with E-state index in [1.54, 1.807) is 0 Å². The summed E-state index contributed by atoms with van der Waals surface area (Å²) in [6.07, 6.45) is 3.68. The van der Waals surface area contributed by atoms with E-state index in [2.05, 4.69) is 30.6 Å². The summed E-state index contributed by atoms with van der Waals surface area (Å²) in [6, 6.07) is 2.68. The second-order valence-electron chi connectivity index (χ2n) is 5.64. The lowest BCUT2D eigenvalue weighted by atomic mass is 9.90. The number of fused-ring (bicyclic) bond motifs is 1. The second kappa shape index (κ2) is 5.09. The molecule has 96 valence electrons. The van der Waals surface area contributed by atoms with Crippen molar-refractivity contribution in [2.45, 2.75) is 51.7 Å². The van der Waals surface area contributed by atoms with Crippen LogP contribution in [0.25, 0.3) is 0 Å². The fourth-order valence-electron chi connectivity index (χ4n) is 2.23. The van der Waals surface area contributed by atoms with Crippen LogP contribution in [0.5, 0.6) is 0 Å². The number of hydrogen-bond acceptors (Lipinski definition) is 3. The molecule has 0 saturated carbocycles. The lowest BCUT2D eigenvalue weighted by molar-refractivity contribution is 0.0113. The van der Waals surface area contributed by atoms with Crippen LogP contribution in [0.1, 0.15) is 50.1 Å². The van der Waals surface area contributed by atoms with Crippen molar-refractivity contribution in [3.63, 3.8) is 0 Å². The first-order valence-electron chi connectivity index (χ1n) is 6.53. The molecule has 0 bridgehead atoms. The minimum Gasteiger partial charge on any atom is -0.389 e. The first kappa shape index (κ1) is 13.1. The first-order valence-corrected chi connectivity index (χ1v) is 7.40. The van der Waals surface area contributed by atoms with Gasteiger partial charge in [-0.15, -0.1) is 11.3 Å². The molecule has 2 N–H and O–H groups in total. The van der Waals surface area contributed by atoms with Crippen molar-refractivity contribution in [1.29, 1.82) is 0 Å². The van der Waals surface area contributed by atoms with E-state index in [-0.39, 0.29) is 5.92 Å². The van der Waals surface area contributed by atoms with E-state index < -0.39 is 5.60 Å². The molecule has 1 aliphatic carbocycles. The van der Waals surface area contributed by atoms with Crippen LogP contribution in [0.2, 0.25) is 0 Å². The van der Waals surface area contributed by atoms with Gasteiger partial charge in [-0.3, -0.25) is 0 Å². The average molecular weight is 253 g/mol. The Bertz CT molecular complexity index is 370. The SMILES string of the molecule is CC(C)C(C)(O)CNC1CCCc2sccc21. The van der Waals surface area contributed by atoms with Gasteiger partial charge in [-0.05, 0) is 49.1 Å². The average Bonchev–Trinajstić information content (AvgIpc) is 2.74. The zero-order chi connectivity index (χ0) is 12.5. The first-order chi connectivity index (χ1) is 8.00. The highest BCUT2D eigenvalue weighted by Gasteiger charge is 2.27. The van der Waals surface area contributed by atoms with Crippen LogP contribution in [0.4, 0.5) is 0 Å². The van der Waals surface area contributed by atoms with Crippen LogP contribution in [0.3, 0.4) is 0 Å². The Labute approximate surface area is 108 Å². The van der Waals surface area contributed by atoms with Gasteiger partial charge in [-0.1, -0.05) is 13.8 Å². The monoisotopic (exact) mass is 253 g/mol. The third-order valence-electron chi connectivity index (χ3n) is 4.00. The Balaban J connectivity index is 1.98. The molecule has 2 rings (SSSR count). The number of rotatable bonds is 4. The minimum absolute atomic E-state index is 0.278. The molecule has 1 aliphatic rings. The molecule has 2 nitrogen and oxygen atoms in total. The maximum Gasteiger partial charge on any atom is 0.0766 e. The zero-order valence-corrected chi connectivity index (χ0v) is 11.8. The third kappa shape index (κ3) is 2.90. The van der Waals surface area contributed by atoms with Crippen molar-refractivity contribution in [3.05, 3.63) is 21.9 Å². The molecule has 0 fully saturated rings. The standard InChI is InChI=1S/C14H23NOS/c1-10(2)14(3,16)9-15-12-5-4-6-13-11(12)7-8-17-13/h7-8,10,12,15-16H,4-6,9H2,1-3H3. The molecule has 0 spiro atoms. The smallest absolute Gasteiger partial charge is 0.0766 e. The van der Waals surface area contributed by atoms with Crippen LogP contribution < -0.4 is 5.32 Å². The highest BCUT2D eigenvalue weighted by atomic mass is 32.1. The Kier molecular flexibility index (Phi) is 3.91. The largest absolute Gasteiger partial charge is 0.389 e. The summed E-state index contributed by atoms with van der Waals surface area (Å²) in [5, 5.41) is 16.0. The molecule has 0 amide bonds. The zero-order valence-electron chi connectivity index (χ0n) is 11.0. The molecule has 3 heteroatoms. The number of thiophene rings is 1. The molecular formula is C14H23NOS. The summed E-state index contributed by atoms with van der Waals surface area (Å²) in [5.74, 6) is 0.278. The van der Waals surface area contributed by atoms with Crippen LogP contribution in [0.15, 0.2) is 11.4 Å². The van der Waals surface area contributed by atoms with Gasteiger partial charge in [0.1, 0.15) is 0 Å². The maximum absolute atomic E-state index is 10.3. The van der Waals surface area contributed by atoms with Gasteiger partial charge in [0.05, 0.1) is 5.60 Å². The molecule has 2 atom stereocenters. The Morgan fingerprint density at radius 1 is 1.59 bits per heavy atom. The predicted molar refractivity (Wildman–Crippen MR) is 73.5 cm³/mol. The van der Waals surface area contributed by atoms with Crippen LogP contribution >= 0.6 is 11.3 Å². The Hall–Kier alpha value is -0.380. The van der Waals surface area contributed by atoms with Gasteiger partial charge < -0.3 is 10.4 Å². The van der Waals surface area contributed by atoms with E-state index in [1.807, 2.05) is 18.3 Å². The quantitative estimate of drug-likeness (QED) is 0.864. The number of nitrogens with one attached hydrogen (secondary N) is 1. The van der Waals surface area contributed by atoms with Crippen LogP contribution in [-0.4, -0.2) is 17.3 Å². The van der Waals surface area contributed by atoms with Crippen LogP contribution in [0, 0.1) is 5.92 Å². The van der Waals surface area contributed by atoms with E-state index in [0.717, 1.165) is 0 Å². The van der Waals surface area contributed by atoms with E-state index in [0.29, 0.717) is 12.6 Å². The van der Waals surface area contributed by atoms with Crippen LogP contribution in [-0.2, 0) is 6.42 Å². The maximum atomic E-state index is 10.3. The summed E-state index contributed by atoms with van der Waals surface area (Å²) in [6.45, 7) is 6.73. The molecule has 0 aromatic carbocycles. The highest BCUT2D eigenvalue weighted by molar-refractivity contribution is 7.10. The van der Waals surface area contributed by atoms with Crippen molar-refractivity contribution in [2.75, 3.05) is 6.54 Å². The summed E-state index contributed by atoms with van der Waals surface area (Å²) in [5.41, 5.74) is 0.842. The van der Waals surface area contributed by atoms with E-state index in [4.69, 9.17) is 0 Å². The van der Waals surface area contributed by atoms with Gasteiger partial charge in [0.15, 0.2) is 0 Å². The molecule has 0 radical (unpaired) electrons. The fraction of sp³-hybridized carbons (Fsp3) is 0.714. The lowest BCUT2D eigenvalue weighted by Gasteiger charge is -2.32.